The minimum atomic E-state index is -0.504. The molecule has 1 aliphatic heterocycles. The zero-order chi connectivity index (χ0) is 25.1. The van der Waals surface area contributed by atoms with Gasteiger partial charge in [-0.15, -0.1) is 0 Å². The Bertz CT molecular complexity index is 1080. The molecule has 9 heteroatoms. The molecule has 1 aliphatic carbocycles. The summed E-state index contributed by atoms with van der Waals surface area (Å²) in [6.07, 6.45) is 5.28. The maximum absolute atomic E-state index is 13.5. The summed E-state index contributed by atoms with van der Waals surface area (Å²) in [6, 6.07) is 4.79. The number of aromatic nitrogens is 2. The van der Waals surface area contributed by atoms with Crippen LogP contribution in [0.3, 0.4) is 0 Å². The fourth-order valence-electron chi connectivity index (χ4n) is 5.23. The number of fused-ring (bicyclic) bond motifs is 1. The Hall–Kier alpha value is -2.94. The molecule has 1 saturated carbocycles. The molecular formula is C26H38N6O3. The topological polar surface area (TPSA) is 99.6 Å². The van der Waals surface area contributed by atoms with Crippen molar-refractivity contribution >= 4 is 28.6 Å². The summed E-state index contributed by atoms with van der Waals surface area (Å²) in [7, 11) is 3.64. The van der Waals surface area contributed by atoms with Crippen molar-refractivity contribution in [3.05, 3.63) is 29.5 Å². The van der Waals surface area contributed by atoms with Crippen LogP contribution < -0.4 is 10.6 Å². The van der Waals surface area contributed by atoms with Crippen molar-refractivity contribution in [2.75, 3.05) is 33.2 Å². The van der Waals surface area contributed by atoms with Crippen molar-refractivity contribution in [2.45, 2.75) is 58.0 Å². The molecule has 3 amide bonds. The average Bonchev–Trinajstić information content (AvgIpc) is 3.18. The highest BCUT2D eigenvalue weighted by atomic mass is 16.2. The van der Waals surface area contributed by atoms with Gasteiger partial charge >= 0.3 is 0 Å². The standard InChI is InChI=1S/C26H38N6O3/c1-17(27-3)24(33)28-23(19-8-6-5-7-9-19)26(35)32-14-12-31(13-15-32)25(34)20-10-11-21-18(2)30(4)29-22(21)16-20/h10-11,16-17,19,23,27H,5-9,12-15H2,1-4H3,(H,28,33)/t17-,23?/m0/s1. The molecular weight excluding hydrogens is 444 g/mol. The van der Waals surface area contributed by atoms with E-state index in [0.717, 1.165) is 42.3 Å². The number of amides is 3. The Kier molecular flexibility index (Phi) is 7.74. The lowest BCUT2D eigenvalue weighted by molar-refractivity contribution is -0.140. The second-order valence-corrected chi connectivity index (χ2v) is 9.95. The summed E-state index contributed by atoms with van der Waals surface area (Å²) in [5.41, 5.74) is 2.49. The number of likely N-dealkylation sites (N-methyl/N-ethyl adjacent to an activating group) is 1. The van der Waals surface area contributed by atoms with Gasteiger partial charge in [0.05, 0.1) is 11.6 Å². The normalized spacial score (nSPS) is 19.0. The van der Waals surface area contributed by atoms with Gasteiger partial charge in [-0.05, 0) is 51.8 Å². The third-order valence-corrected chi connectivity index (χ3v) is 7.77. The predicted molar refractivity (Wildman–Crippen MR) is 135 cm³/mol. The summed E-state index contributed by atoms with van der Waals surface area (Å²) in [5.74, 6) is -0.0452. The van der Waals surface area contributed by atoms with E-state index in [4.69, 9.17) is 0 Å². The first-order valence-electron chi connectivity index (χ1n) is 12.8. The fraction of sp³-hybridized carbons (Fsp3) is 0.615. The number of carbonyl (C=O) groups excluding carboxylic acids is 3. The number of carbonyl (C=O) groups is 3. The van der Waals surface area contributed by atoms with Crippen LogP contribution >= 0.6 is 0 Å². The molecule has 2 aliphatic rings. The molecule has 2 N–H and O–H groups in total. The van der Waals surface area contributed by atoms with E-state index in [1.807, 2.05) is 41.8 Å². The Morgan fingerprint density at radius 2 is 1.69 bits per heavy atom. The highest BCUT2D eigenvalue weighted by molar-refractivity contribution is 5.98. The van der Waals surface area contributed by atoms with Crippen LogP contribution in [0.5, 0.6) is 0 Å². The van der Waals surface area contributed by atoms with Crippen LogP contribution in [0.1, 0.15) is 55.1 Å². The lowest BCUT2D eigenvalue weighted by atomic mass is 9.83. The van der Waals surface area contributed by atoms with Gasteiger partial charge in [0.1, 0.15) is 6.04 Å². The number of benzene rings is 1. The van der Waals surface area contributed by atoms with Crippen molar-refractivity contribution in [3.63, 3.8) is 0 Å². The molecule has 1 saturated heterocycles. The van der Waals surface area contributed by atoms with Gasteiger partial charge in [0.15, 0.2) is 0 Å². The monoisotopic (exact) mass is 482 g/mol. The number of nitrogens with zero attached hydrogens (tertiary/aromatic N) is 4. The molecule has 0 radical (unpaired) electrons. The fourth-order valence-corrected chi connectivity index (χ4v) is 5.23. The lowest BCUT2D eigenvalue weighted by Gasteiger charge is -2.39. The van der Waals surface area contributed by atoms with Gasteiger partial charge < -0.3 is 20.4 Å². The number of rotatable bonds is 6. The Balaban J connectivity index is 1.41. The molecule has 1 unspecified atom stereocenters. The maximum Gasteiger partial charge on any atom is 0.254 e. The van der Waals surface area contributed by atoms with Crippen molar-refractivity contribution in [1.82, 2.24) is 30.2 Å². The molecule has 9 nitrogen and oxygen atoms in total. The smallest absolute Gasteiger partial charge is 0.254 e. The third-order valence-electron chi connectivity index (χ3n) is 7.77. The second kappa shape index (κ2) is 10.8. The molecule has 1 aromatic heterocycles. The Labute approximate surface area is 207 Å². The van der Waals surface area contributed by atoms with Gasteiger partial charge in [0.25, 0.3) is 5.91 Å². The van der Waals surface area contributed by atoms with E-state index < -0.39 is 6.04 Å². The number of nitrogens with one attached hydrogen (secondary N) is 2. The highest BCUT2D eigenvalue weighted by Crippen LogP contribution is 2.28. The highest BCUT2D eigenvalue weighted by Gasteiger charge is 2.36. The molecule has 2 fully saturated rings. The van der Waals surface area contributed by atoms with E-state index in [1.54, 1.807) is 18.9 Å². The van der Waals surface area contributed by atoms with Crippen molar-refractivity contribution in [1.29, 1.82) is 0 Å². The molecule has 0 bridgehead atoms. The van der Waals surface area contributed by atoms with Gasteiger partial charge in [-0.25, -0.2) is 0 Å². The summed E-state index contributed by atoms with van der Waals surface area (Å²) < 4.78 is 1.82. The summed E-state index contributed by atoms with van der Waals surface area (Å²) in [4.78, 5) is 43.0. The summed E-state index contributed by atoms with van der Waals surface area (Å²) in [5, 5.41) is 11.5. The van der Waals surface area contributed by atoms with Crippen LogP contribution in [0.15, 0.2) is 18.2 Å². The first-order valence-corrected chi connectivity index (χ1v) is 12.8. The van der Waals surface area contributed by atoms with Crippen molar-refractivity contribution < 1.29 is 14.4 Å². The molecule has 35 heavy (non-hydrogen) atoms. The summed E-state index contributed by atoms with van der Waals surface area (Å²) >= 11 is 0. The van der Waals surface area contributed by atoms with E-state index in [0.29, 0.717) is 31.7 Å². The minimum absolute atomic E-state index is 0.0222. The van der Waals surface area contributed by atoms with Crippen LogP contribution in [0, 0.1) is 12.8 Å². The second-order valence-electron chi connectivity index (χ2n) is 9.95. The molecule has 0 spiro atoms. The SMILES string of the molecule is CN[C@@H](C)C(=O)NC(C(=O)N1CCN(C(=O)c2ccc3c(C)n(C)nc3c2)CC1)C1CCCCC1. The molecule has 2 heterocycles. The number of hydrogen-bond donors (Lipinski definition) is 2. The van der Waals surface area contributed by atoms with E-state index >= 15 is 0 Å². The molecule has 190 valence electrons. The quantitative estimate of drug-likeness (QED) is 0.655. The molecule has 4 rings (SSSR count). The zero-order valence-electron chi connectivity index (χ0n) is 21.3. The Morgan fingerprint density at radius 3 is 2.34 bits per heavy atom. The molecule has 2 aromatic rings. The van der Waals surface area contributed by atoms with Gasteiger partial charge in [-0.3, -0.25) is 19.1 Å². The van der Waals surface area contributed by atoms with Crippen LogP contribution in [0.4, 0.5) is 0 Å². The van der Waals surface area contributed by atoms with Crippen LogP contribution in [-0.2, 0) is 16.6 Å². The number of hydrogen-bond acceptors (Lipinski definition) is 5. The molecule has 2 atom stereocenters. The van der Waals surface area contributed by atoms with E-state index in [1.165, 1.54) is 6.42 Å². The minimum Gasteiger partial charge on any atom is -0.343 e. The maximum atomic E-state index is 13.5. The van der Waals surface area contributed by atoms with Crippen LogP contribution in [0.25, 0.3) is 10.9 Å². The van der Waals surface area contributed by atoms with Gasteiger partial charge in [0.2, 0.25) is 11.8 Å². The predicted octanol–water partition coefficient (Wildman–Crippen LogP) is 1.84. The molecule has 1 aromatic carbocycles. The first-order chi connectivity index (χ1) is 16.8. The number of piperazine rings is 1. The lowest BCUT2D eigenvalue weighted by Crippen LogP contribution is -2.59. The van der Waals surface area contributed by atoms with E-state index in [2.05, 4.69) is 15.7 Å². The van der Waals surface area contributed by atoms with Gasteiger partial charge in [0, 0.05) is 49.9 Å². The average molecular weight is 483 g/mol. The zero-order valence-corrected chi connectivity index (χ0v) is 21.3. The largest absolute Gasteiger partial charge is 0.343 e. The Morgan fingerprint density at radius 1 is 1.03 bits per heavy atom. The van der Waals surface area contributed by atoms with E-state index in [-0.39, 0.29) is 29.7 Å². The number of aryl methyl sites for hydroxylation is 2. The third kappa shape index (κ3) is 5.34. The first kappa shape index (κ1) is 25.2. The van der Waals surface area contributed by atoms with Crippen molar-refractivity contribution in [2.24, 2.45) is 13.0 Å². The van der Waals surface area contributed by atoms with Gasteiger partial charge in [-0.1, -0.05) is 25.3 Å². The van der Waals surface area contributed by atoms with Gasteiger partial charge in [-0.2, -0.15) is 5.10 Å². The van der Waals surface area contributed by atoms with E-state index in [9.17, 15) is 14.4 Å². The van der Waals surface area contributed by atoms with Crippen LogP contribution in [0.2, 0.25) is 0 Å². The van der Waals surface area contributed by atoms with Crippen molar-refractivity contribution in [3.8, 4) is 0 Å². The summed E-state index contributed by atoms with van der Waals surface area (Å²) in [6.45, 7) is 5.69. The van der Waals surface area contributed by atoms with Crippen LogP contribution in [-0.4, -0.2) is 82.6 Å².